The Balaban J connectivity index is 1.61. The van der Waals surface area contributed by atoms with Crippen LogP contribution in [-0.4, -0.2) is 55.7 Å². The molecule has 1 aliphatic rings. The minimum Gasteiger partial charge on any atom is -0.370 e. The van der Waals surface area contributed by atoms with Crippen molar-refractivity contribution in [1.82, 2.24) is 15.1 Å². The van der Waals surface area contributed by atoms with E-state index in [1.54, 1.807) is 10.3 Å². The van der Waals surface area contributed by atoms with Crippen LogP contribution in [0.2, 0.25) is 5.02 Å². The number of anilines is 1. The van der Waals surface area contributed by atoms with E-state index in [-0.39, 0.29) is 26.9 Å². The number of amides is 1. The van der Waals surface area contributed by atoms with Crippen LogP contribution in [0.1, 0.15) is 5.01 Å². The van der Waals surface area contributed by atoms with Crippen LogP contribution in [-0.2, 0) is 26.0 Å². The van der Waals surface area contributed by atoms with Crippen molar-refractivity contribution >= 4 is 55.3 Å². The predicted octanol–water partition coefficient (Wildman–Crippen LogP) is 1.46. The maximum absolute atomic E-state index is 12.2. The molecule has 8 nitrogen and oxygen atoms in total. The Morgan fingerprint density at radius 1 is 1.42 bits per heavy atom. The molecule has 130 valence electrons. The topological polar surface area (TPSA) is 101 Å². The molecule has 0 unspecified atom stereocenters. The maximum atomic E-state index is 12.2. The van der Waals surface area contributed by atoms with E-state index in [0.29, 0.717) is 31.1 Å². The lowest BCUT2D eigenvalue weighted by atomic mass is 10.3. The highest BCUT2D eigenvalue weighted by Gasteiger charge is 2.22. The van der Waals surface area contributed by atoms with Gasteiger partial charge in [-0.2, -0.15) is 0 Å². The molecule has 2 aromatic heterocycles. The molecule has 0 radical (unpaired) electrons. The highest BCUT2D eigenvalue weighted by Crippen LogP contribution is 2.29. The fourth-order valence-corrected chi connectivity index (χ4v) is 5.69. The number of ether oxygens (including phenoxy) is 1. The van der Waals surface area contributed by atoms with Gasteiger partial charge in [0.15, 0.2) is 4.21 Å². The number of nitrogens with zero attached hydrogens (tertiary/aromatic N) is 3. The van der Waals surface area contributed by atoms with E-state index in [1.807, 2.05) is 0 Å². The third-order valence-electron chi connectivity index (χ3n) is 3.20. The first-order valence-corrected chi connectivity index (χ1v) is 10.4. The van der Waals surface area contributed by atoms with Gasteiger partial charge in [-0.15, -0.1) is 21.5 Å². The molecular formula is C12H13ClN4O4S3. The monoisotopic (exact) mass is 408 g/mol. The number of nitrogens with one attached hydrogen (secondary N) is 1. The largest absolute Gasteiger partial charge is 0.370 e. The standard InChI is InChI=1S/C12H13ClN4O4S3/c13-8-2-6-22-11(8)24(19,20)16-12-15-14-9(23-12)1-3-17-4-5-21-7-10(17)18/h2,6H,1,3-5,7H2,(H,15,16). The molecule has 3 heterocycles. The summed E-state index contributed by atoms with van der Waals surface area (Å²) < 4.78 is 31.9. The summed E-state index contributed by atoms with van der Waals surface area (Å²) in [5.74, 6) is -0.0565. The average molecular weight is 409 g/mol. The molecule has 1 amide bonds. The Hall–Kier alpha value is -1.27. The second kappa shape index (κ2) is 7.31. The van der Waals surface area contributed by atoms with Gasteiger partial charge in [-0.05, 0) is 11.4 Å². The van der Waals surface area contributed by atoms with Gasteiger partial charge >= 0.3 is 0 Å². The van der Waals surface area contributed by atoms with Crippen LogP contribution in [0, 0.1) is 0 Å². The van der Waals surface area contributed by atoms with Crippen molar-refractivity contribution < 1.29 is 17.9 Å². The van der Waals surface area contributed by atoms with Crippen LogP contribution >= 0.6 is 34.3 Å². The van der Waals surface area contributed by atoms with Gasteiger partial charge in [0.1, 0.15) is 11.6 Å². The lowest BCUT2D eigenvalue weighted by Crippen LogP contribution is -2.42. The van der Waals surface area contributed by atoms with Crippen LogP contribution in [0.3, 0.4) is 0 Å². The van der Waals surface area contributed by atoms with Crippen LogP contribution in [0.4, 0.5) is 5.13 Å². The zero-order chi connectivity index (χ0) is 17.2. The molecule has 0 bridgehead atoms. The predicted molar refractivity (Wildman–Crippen MR) is 91.1 cm³/mol. The molecular weight excluding hydrogens is 396 g/mol. The Morgan fingerprint density at radius 3 is 2.96 bits per heavy atom. The lowest BCUT2D eigenvalue weighted by Gasteiger charge is -2.26. The van der Waals surface area contributed by atoms with Gasteiger partial charge in [0.25, 0.3) is 10.0 Å². The summed E-state index contributed by atoms with van der Waals surface area (Å²) in [5, 5.41) is 10.4. The van der Waals surface area contributed by atoms with Gasteiger partial charge in [-0.3, -0.25) is 9.52 Å². The normalized spacial score (nSPS) is 15.7. The first kappa shape index (κ1) is 17.5. The number of morpholine rings is 1. The summed E-state index contributed by atoms with van der Waals surface area (Å²) in [7, 11) is -3.77. The Morgan fingerprint density at radius 2 is 2.25 bits per heavy atom. The number of halogens is 1. The van der Waals surface area contributed by atoms with Gasteiger partial charge in [0.2, 0.25) is 11.0 Å². The van der Waals surface area contributed by atoms with Gasteiger partial charge in [0.05, 0.1) is 11.6 Å². The molecule has 24 heavy (non-hydrogen) atoms. The second-order valence-electron chi connectivity index (χ2n) is 4.85. The molecule has 1 fully saturated rings. The Kier molecular flexibility index (Phi) is 5.35. The van der Waals surface area contributed by atoms with Gasteiger partial charge in [-0.25, -0.2) is 8.42 Å². The number of sulfonamides is 1. The molecule has 0 spiro atoms. The zero-order valence-corrected chi connectivity index (χ0v) is 15.5. The van der Waals surface area contributed by atoms with E-state index in [1.165, 1.54) is 6.07 Å². The van der Waals surface area contributed by atoms with Crippen molar-refractivity contribution in [2.45, 2.75) is 10.6 Å². The summed E-state index contributed by atoms with van der Waals surface area (Å²) in [5.41, 5.74) is 0. The highest BCUT2D eigenvalue weighted by molar-refractivity contribution is 7.95. The van der Waals surface area contributed by atoms with Crippen molar-refractivity contribution in [2.75, 3.05) is 31.0 Å². The molecule has 1 saturated heterocycles. The molecule has 2 aromatic rings. The van der Waals surface area contributed by atoms with Crippen molar-refractivity contribution in [3.8, 4) is 0 Å². The molecule has 0 aromatic carbocycles. The summed E-state index contributed by atoms with van der Waals surface area (Å²) >= 11 is 8.02. The number of carbonyl (C=O) groups excluding carboxylic acids is 1. The van der Waals surface area contributed by atoms with E-state index in [4.69, 9.17) is 16.3 Å². The summed E-state index contributed by atoms with van der Waals surface area (Å²) in [4.78, 5) is 13.3. The number of carbonyl (C=O) groups is 1. The van der Waals surface area contributed by atoms with Crippen molar-refractivity contribution in [1.29, 1.82) is 0 Å². The molecule has 0 aliphatic carbocycles. The number of aromatic nitrogens is 2. The van der Waals surface area contributed by atoms with Crippen LogP contribution in [0.15, 0.2) is 15.7 Å². The van der Waals surface area contributed by atoms with Gasteiger partial charge < -0.3 is 9.64 Å². The molecule has 0 saturated carbocycles. The molecule has 1 N–H and O–H groups in total. The quantitative estimate of drug-likeness (QED) is 0.776. The SMILES string of the molecule is O=C1COCCN1CCc1nnc(NS(=O)(=O)c2sccc2Cl)s1. The number of thiophene rings is 1. The molecule has 0 atom stereocenters. The maximum Gasteiger partial charge on any atom is 0.274 e. The van der Waals surface area contributed by atoms with E-state index in [2.05, 4.69) is 14.9 Å². The zero-order valence-electron chi connectivity index (χ0n) is 12.3. The van der Waals surface area contributed by atoms with Crippen LogP contribution in [0.25, 0.3) is 0 Å². The third kappa shape index (κ3) is 4.03. The highest BCUT2D eigenvalue weighted by atomic mass is 35.5. The van der Waals surface area contributed by atoms with E-state index < -0.39 is 10.0 Å². The number of hydrogen-bond acceptors (Lipinski definition) is 8. The Labute approximate surface area is 151 Å². The molecule has 1 aliphatic heterocycles. The fourth-order valence-electron chi connectivity index (χ4n) is 2.05. The van der Waals surface area contributed by atoms with Crippen LogP contribution in [0.5, 0.6) is 0 Å². The fraction of sp³-hybridized carbons (Fsp3) is 0.417. The van der Waals surface area contributed by atoms with E-state index in [9.17, 15) is 13.2 Å². The number of hydrogen-bond donors (Lipinski definition) is 1. The minimum atomic E-state index is -3.77. The van der Waals surface area contributed by atoms with Crippen LogP contribution < -0.4 is 4.72 Å². The van der Waals surface area contributed by atoms with Gasteiger partial charge in [0, 0.05) is 19.5 Å². The van der Waals surface area contributed by atoms with Gasteiger partial charge in [-0.1, -0.05) is 22.9 Å². The summed E-state index contributed by atoms with van der Waals surface area (Å²) in [6, 6.07) is 1.52. The first-order valence-electron chi connectivity index (χ1n) is 6.89. The average Bonchev–Trinajstić information content (AvgIpc) is 3.15. The minimum absolute atomic E-state index is 0.0415. The van der Waals surface area contributed by atoms with E-state index >= 15 is 0 Å². The molecule has 12 heteroatoms. The Bertz CT molecular complexity index is 835. The summed E-state index contributed by atoms with van der Waals surface area (Å²) in [6.07, 6.45) is 0.505. The first-order chi connectivity index (χ1) is 11.5. The summed E-state index contributed by atoms with van der Waals surface area (Å²) in [6.45, 7) is 1.67. The van der Waals surface area contributed by atoms with Crippen molar-refractivity contribution in [2.24, 2.45) is 0 Å². The lowest BCUT2D eigenvalue weighted by molar-refractivity contribution is -0.142. The van der Waals surface area contributed by atoms with Crippen molar-refractivity contribution in [3.63, 3.8) is 0 Å². The smallest absolute Gasteiger partial charge is 0.274 e. The molecule has 3 rings (SSSR count). The second-order valence-corrected chi connectivity index (χ2v) is 9.11. The number of rotatable bonds is 6. The third-order valence-corrected chi connectivity index (χ3v) is 7.59. The van der Waals surface area contributed by atoms with Crippen molar-refractivity contribution in [3.05, 3.63) is 21.5 Å². The van der Waals surface area contributed by atoms with E-state index in [0.717, 1.165) is 22.7 Å².